The highest BCUT2D eigenvalue weighted by molar-refractivity contribution is 7.48. The summed E-state index contributed by atoms with van der Waals surface area (Å²) in [6.45, 7) is 3.35. The van der Waals surface area contributed by atoms with E-state index in [0.29, 0.717) is 0 Å². The molecule has 0 aliphatic heterocycles. The molecular weight excluding hydrogens is 505 g/mol. The number of halogens is 6. The minimum absolute atomic E-state index is 0.587. The molecule has 0 fully saturated rings. The molecule has 0 aliphatic rings. The highest BCUT2D eigenvalue weighted by Crippen LogP contribution is 2.25. The zero-order valence-electron chi connectivity index (χ0n) is 14.5. The molecular formula is C16H20Cl6OSi3. The molecule has 0 spiro atoms. The third kappa shape index (κ3) is 8.43. The van der Waals surface area contributed by atoms with Crippen molar-refractivity contribution >= 4 is 99.8 Å². The number of hydrogen-bond donors (Lipinski definition) is 0. The molecule has 2 aromatic rings. The van der Waals surface area contributed by atoms with Gasteiger partial charge in [-0.3, -0.25) is 0 Å². The van der Waals surface area contributed by atoms with E-state index >= 15 is 0 Å². The Morgan fingerprint density at radius 2 is 0.923 bits per heavy atom. The van der Waals surface area contributed by atoms with Gasteiger partial charge in [0.05, 0.1) is 0 Å². The van der Waals surface area contributed by atoms with Gasteiger partial charge in [0.15, 0.2) is 0 Å². The first-order valence-corrected chi connectivity index (χ1v) is 20.0. The van der Waals surface area contributed by atoms with E-state index in [1.54, 1.807) is 6.55 Å². The Bertz CT molecular complexity index is 613. The molecule has 2 rings (SSSR count). The van der Waals surface area contributed by atoms with Gasteiger partial charge in [-0.15, -0.1) is 67.5 Å². The molecule has 26 heavy (non-hydrogen) atoms. The van der Waals surface area contributed by atoms with Crippen molar-refractivity contribution in [1.29, 1.82) is 0 Å². The fourth-order valence-corrected chi connectivity index (χ4v) is 11.2. The molecule has 0 aromatic heterocycles. The van der Waals surface area contributed by atoms with Crippen LogP contribution in [0, 0.1) is 0 Å². The molecule has 10 heteroatoms. The lowest BCUT2D eigenvalue weighted by Crippen LogP contribution is -2.55. The van der Waals surface area contributed by atoms with E-state index in [1.165, 1.54) is 0 Å². The summed E-state index contributed by atoms with van der Waals surface area (Å²) >= 11 is 35.0. The average molecular weight is 525 g/mol. The zero-order valence-corrected chi connectivity index (χ0v) is 22.1. The maximum Gasteiger partial charge on any atom is 0.310 e. The van der Waals surface area contributed by atoms with E-state index in [2.05, 4.69) is 0 Å². The number of alkyl halides is 2. The fourth-order valence-electron chi connectivity index (χ4n) is 1.95. The van der Waals surface area contributed by atoms with E-state index in [0.717, 1.165) is 10.4 Å². The Labute approximate surface area is 187 Å². The molecule has 0 saturated heterocycles. The molecule has 0 saturated carbocycles. The van der Waals surface area contributed by atoms with E-state index in [4.69, 9.17) is 71.6 Å². The van der Waals surface area contributed by atoms with Gasteiger partial charge in [-0.2, -0.15) is 0 Å². The van der Waals surface area contributed by atoms with Gasteiger partial charge in [-0.25, -0.2) is 0 Å². The van der Waals surface area contributed by atoms with Gasteiger partial charge in [0.2, 0.25) is 0 Å². The Balaban J connectivity index is 0.000000412. The smallest absolute Gasteiger partial charge is 0.310 e. The number of benzene rings is 2. The van der Waals surface area contributed by atoms with E-state index in [-0.39, 0.29) is 0 Å². The second-order valence-corrected chi connectivity index (χ2v) is 25.5. The first-order chi connectivity index (χ1) is 11.9. The van der Waals surface area contributed by atoms with Crippen LogP contribution in [0.5, 0.6) is 0 Å². The van der Waals surface area contributed by atoms with Crippen molar-refractivity contribution in [1.82, 2.24) is 0 Å². The summed E-state index contributed by atoms with van der Waals surface area (Å²) in [6.07, 6.45) is 0. The van der Waals surface area contributed by atoms with Crippen LogP contribution in [0.4, 0.5) is 0 Å². The molecule has 2 aromatic carbocycles. The van der Waals surface area contributed by atoms with Gasteiger partial charge in [-0.05, 0) is 30.0 Å². The standard InChI is InChI=1S/C14H16Cl2OSi2.C2H4Cl4Si/c1-18(15,13-9-5-3-6-10-13)17-19(2,16)14-11-7-4-8-12-14;1-7(5,6)2(3)4/h3-12H,1-2H3;2H,1H3. The van der Waals surface area contributed by atoms with E-state index in [9.17, 15) is 0 Å². The molecule has 144 valence electrons. The summed E-state index contributed by atoms with van der Waals surface area (Å²) < 4.78 is 5.62. The monoisotopic (exact) mass is 522 g/mol. The summed E-state index contributed by atoms with van der Waals surface area (Å²) in [6, 6.07) is 19.9. The fraction of sp³-hybridized carbons (Fsp3) is 0.250. The summed E-state index contributed by atoms with van der Waals surface area (Å²) in [4.78, 5) is 0. The molecule has 0 heterocycles. The second kappa shape index (κ2) is 10.5. The van der Waals surface area contributed by atoms with Crippen LogP contribution in [0.3, 0.4) is 0 Å². The van der Waals surface area contributed by atoms with Gasteiger partial charge in [0.25, 0.3) is 6.69 Å². The van der Waals surface area contributed by atoms with Gasteiger partial charge in [-0.1, -0.05) is 60.7 Å². The highest BCUT2D eigenvalue weighted by atomic mass is 35.7. The molecule has 2 atom stereocenters. The Kier molecular flexibility index (Phi) is 10.1. The Hall–Kier alpha value is 0.791. The van der Waals surface area contributed by atoms with Crippen LogP contribution < -0.4 is 10.4 Å². The lowest BCUT2D eigenvalue weighted by molar-refractivity contribution is 0.602. The molecule has 1 nitrogen and oxygen atoms in total. The van der Waals surface area contributed by atoms with Crippen molar-refractivity contribution in [3.8, 4) is 0 Å². The van der Waals surface area contributed by atoms with Crippen molar-refractivity contribution in [2.75, 3.05) is 0 Å². The number of rotatable bonds is 5. The summed E-state index contributed by atoms with van der Waals surface area (Å²) in [5.41, 5.74) is 0. The van der Waals surface area contributed by atoms with Crippen LogP contribution in [0.1, 0.15) is 0 Å². The van der Waals surface area contributed by atoms with Crippen molar-refractivity contribution in [3.63, 3.8) is 0 Å². The summed E-state index contributed by atoms with van der Waals surface area (Å²) in [7, 11) is -4.99. The van der Waals surface area contributed by atoms with Crippen LogP contribution in [-0.2, 0) is 4.12 Å². The Morgan fingerprint density at radius 3 is 1.15 bits per heavy atom. The first-order valence-electron chi connectivity index (χ1n) is 7.71. The van der Waals surface area contributed by atoms with Crippen molar-refractivity contribution in [3.05, 3.63) is 60.7 Å². The molecule has 0 aliphatic carbocycles. The first kappa shape index (κ1) is 24.8. The van der Waals surface area contributed by atoms with Crippen molar-refractivity contribution < 1.29 is 4.12 Å². The Morgan fingerprint density at radius 1 is 0.654 bits per heavy atom. The molecule has 0 bridgehead atoms. The molecule has 0 N–H and O–H groups in total. The lowest BCUT2D eigenvalue weighted by Gasteiger charge is -2.30. The summed E-state index contributed by atoms with van der Waals surface area (Å²) in [5.74, 6) is 0. The maximum atomic E-state index is 6.66. The normalized spacial score (nSPS) is 16.2. The largest absolute Gasteiger partial charge is 0.427 e. The van der Waals surface area contributed by atoms with Gasteiger partial charge in [0.1, 0.15) is 4.46 Å². The lowest BCUT2D eigenvalue weighted by atomic mass is 10.4. The summed E-state index contributed by atoms with van der Waals surface area (Å²) in [5, 5.41) is 2.10. The van der Waals surface area contributed by atoms with Crippen LogP contribution in [0.2, 0.25) is 19.6 Å². The van der Waals surface area contributed by atoms with E-state index < -0.39 is 26.4 Å². The predicted molar refractivity (Wildman–Crippen MR) is 127 cm³/mol. The zero-order chi connectivity index (χ0) is 20.0. The molecule has 0 amide bonds. The third-order valence-corrected chi connectivity index (χ3v) is 17.9. The van der Waals surface area contributed by atoms with Crippen LogP contribution in [-0.4, -0.2) is 26.4 Å². The van der Waals surface area contributed by atoms with E-state index in [1.807, 2.05) is 73.8 Å². The topological polar surface area (TPSA) is 9.23 Å². The maximum absolute atomic E-state index is 6.66. The van der Waals surface area contributed by atoms with Crippen LogP contribution in [0.15, 0.2) is 60.7 Å². The minimum Gasteiger partial charge on any atom is -0.427 e. The van der Waals surface area contributed by atoms with Crippen LogP contribution >= 0.6 is 67.5 Å². The predicted octanol–water partition coefficient (Wildman–Crippen LogP) is 6.32. The third-order valence-electron chi connectivity index (χ3n) is 3.35. The second-order valence-electron chi connectivity index (χ2n) is 5.92. The average Bonchev–Trinajstić information content (AvgIpc) is 2.55. The van der Waals surface area contributed by atoms with Gasteiger partial charge >= 0.3 is 15.3 Å². The number of hydrogen-bond acceptors (Lipinski definition) is 1. The highest BCUT2D eigenvalue weighted by Gasteiger charge is 2.40. The molecule has 2 unspecified atom stereocenters. The van der Waals surface area contributed by atoms with Gasteiger partial charge < -0.3 is 4.12 Å². The molecule has 0 radical (unpaired) electrons. The van der Waals surface area contributed by atoms with Crippen molar-refractivity contribution in [2.24, 2.45) is 0 Å². The minimum atomic E-state index is -2.50. The van der Waals surface area contributed by atoms with Crippen molar-refractivity contribution in [2.45, 2.75) is 24.1 Å². The SMILES string of the molecule is C[Si](Cl)(Cl)C(Cl)Cl.C[Si](Cl)(O[Si](C)(Cl)c1ccccc1)c1ccccc1. The van der Waals surface area contributed by atoms with Gasteiger partial charge in [0, 0.05) is 0 Å². The van der Waals surface area contributed by atoms with Crippen LogP contribution in [0.25, 0.3) is 0 Å². The quantitative estimate of drug-likeness (QED) is 0.252.